The summed E-state index contributed by atoms with van der Waals surface area (Å²) in [6.07, 6.45) is 4.71. The number of hydrogen-bond donors (Lipinski definition) is 1. The molecule has 4 heteroatoms. The van der Waals surface area contributed by atoms with Crippen molar-refractivity contribution in [2.75, 3.05) is 6.54 Å². The molecule has 1 N–H and O–H groups in total. The van der Waals surface area contributed by atoms with Crippen molar-refractivity contribution in [1.29, 1.82) is 0 Å². The van der Waals surface area contributed by atoms with Gasteiger partial charge in [0.15, 0.2) is 0 Å². The van der Waals surface area contributed by atoms with Crippen LogP contribution in [-0.4, -0.2) is 16.7 Å². The molecule has 0 aliphatic rings. The molecule has 0 amide bonds. The maximum absolute atomic E-state index is 4.02. The van der Waals surface area contributed by atoms with Crippen molar-refractivity contribution in [2.45, 2.75) is 19.4 Å². The normalized spacial score (nSPS) is 12.7. The number of aromatic nitrogens is 2. The van der Waals surface area contributed by atoms with Crippen LogP contribution in [0, 0.1) is 0 Å². The fraction of sp³-hybridized carbons (Fsp3) is 0.250. The summed E-state index contributed by atoms with van der Waals surface area (Å²) in [5.74, 6) is 0. The van der Waals surface area contributed by atoms with Gasteiger partial charge in [0.2, 0.25) is 0 Å². The predicted molar refractivity (Wildman–Crippen MR) is 84.0 cm³/mol. The maximum Gasteiger partial charge on any atom is 0.0607 e. The molecule has 20 heavy (non-hydrogen) atoms. The minimum absolute atomic E-state index is 0.174. The van der Waals surface area contributed by atoms with E-state index in [4.69, 9.17) is 0 Å². The smallest absolute Gasteiger partial charge is 0.0607 e. The van der Waals surface area contributed by atoms with Gasteiger partial charge in [0.1, 0.15) is 0 Å². The second-order valence-electron chi connectivity index (χ2n) is 4.75. The van der Waals surface area contributed by atoms with Crippen LogP contribution in [0.15, 0.2) is 48.1 Å². The van der Waals surface area contributed by atoms with E-state index in [-0.39, 0.29) is 6.04 Å². The summed E-state index contributed by atoms with van der Waals surface area (Å²) in [6, 6.07) is 10.9. The van der Waals surface area contributed by atoms with Crippen LogP contribution >= 0.6 is 11.3 Å². The summed E-state index contributed by atoms with van der Waals surface area (Å²) >= 11 is 1.79. The zero-order chi connectivity index (χ0) is 13.8. The average Bonchev–Trinajstić information content (AvgIpc) is 2.98. The minimum Gasteiger partial charge on any atom is -0.306 e. The molecule has 102 valence electrons. The largest absolute Gasteiger partial charge is 0.306 e. The summed E-state index contributed by atoms with van der Waals surface area (Å²) in [6.45, 7) is 3.16. The molecular formula is C16H17N3S. The van der Waals surface area contributed by atoms with Crippen molar-refractivity contribution >= 4 is 21.4 Å². The highest BCUT2D eigenvalue weighted by atomic mass is 32.1. The van der Waals surface area contributed by atoms with E-state index in [1.807, 2.05) is 12.3 Å². The zero-order valence-electron chi connectivity index (χ0n) is 11.4. The Morgan fingerprint density at radius 1 is 1.20 bits per heavy atom. The lowest BCUT2D eigenvalue weighted by molar-refractivity contribution is 0.599. The highest BCUT2D eigenvalue weighted by Crippen LogP contribution is 2.32. The van der Waals surface area contributed by atoms with Gasteiger partial charge in [-0.15, -0.1) is 11.3 Å². The number of benzene rings is 1. The number of hydrogen-bond acceptors (Lipinski definition) is 4. The molecule has 0 fully saturated rings. The van der Waals surface area contributed by atoms with Crippen molar-refractivity contribution in [2.24, 2.45) is 0 Å². The molecule has 3 aromatic rings. The van der Waals surface area contributed by atoms with Crippen LogP contribution in [0.5, 0.6) is 0 Å². The molecule has 1 aromatic carbocycles. The van der Waals surface area contributed by atoms with Gasteiger partial charge in [0.25, 0.3) is 0 Å². The third kappa shape index (κ3) is 2.57. The molecule has 0 aliphatic carbocycles. The van der Waals surface area contributed by atoms with Crippen molar-refractivity contribution < 1.29 is 0 Å². The molecule has 0 bridgehead atoms. The summed E-state index contributed by atoms with van der Waals surface area (Å²) in [4.78, 5) is 0. The highest BCUT2D eigenvalue weighted by molar-refractivity contribution is 7.17. The summed E-state index contributed by atoms with van der Waals surface area (Å²) in [7, 11) is 0. The molecule has 2 heterocycles. The molecule has 0 saturated heterocycles. The van der Waals surface area contributed by atoms with Crippen LogP contribution in [0.2, 0.25) is 0 Å². The SMILES string of the molecule is CCCNC(c1ccnnc1)c1cccc2ccsc12. The van der Waals surface area contributed by atoms with Gasteiger partial charge in [-0.2, -0.15) is 10.2 Å². The first-order valence-corrected chi connectivity index (χ1v) is 7.74. The summed E-state index contributed by atoms with van der Waals surface area (Å²) in [5.41, 5.74) is 2.48. The van der Waals surface area contributed by atoms with E-state index in [1.54, 1.807) is 17.5 Å². The van der Waals surface area contributed by atoms with Crippen LogP contribution in [0.3, 0.4) is 0 Å². The van der Waals surface area contributed by atoms with Gasteiger partial charge in [-0.25, -0.2) is 0 Å². The number of nitrogens with one attached hydrogen (secondary N) is 1. The minimum atomic E-state index is 0.174. The fourth-order valence-corrected chi connectivity index (χ4v) is 3.36. The Labute approximate surface area is 122 Å². The van der Waals surface area contributed by atoms with Gasteiger partial charge >= 0.3 is 0 Å². The van der Waals surface area contributed by atoms with Gasteiger partial charge in [-0.3, -0.25) is 0 Å². The van der Waals surface area contributed by atoms with E-state index in [2.05, 4.69) is 52.1 Å². The second-order valence-corrected chi connectivity index (χ2v) is 5.67. The van der Waals surface area contributed by atoms with Crippen LogP contribution in [0.25, 0.3) is 10.1 Å². The molecule has 0 radical (unpaired) electrons. The average molecular weight is 283 g/mol. The van der Waals surface area contributed by atoms with Crippen molar-refractivity contribution in [3.05, 3.63) is 59.2 Å². The van der Waals surface area contributed by atoms with Crippen LogP contribution in [0.4, 0.5) is 0 Å². The summed E-state index contributed by atoms with van der Waals surface area (Å²) in [5, 5.41) is 15.0. The third-order valence-electron chi connectivity index (χ3n) is 3.36. The first-order chi connectivity index (χ1) is 9.90. The molecule has 0 saturated carbocycles. The number of rotatable bonds is 5. The van der Waals surface area contributed by atoms with Gasteiger partial charge in [0, 0.05) is 10.9 Å². The first kappa shape index (κ1) is 13.2. The molecule has 0 spiro atoms. The molecule has 0 aliphatic heterocycles. The topological polar surface area (TPSA) is 37.8 Å². The molecule has 1 atom stereocenters. The zero-order valence-corrected chi connectivity index (χ0v) is 12.2. The number of fused-ring (bicyclic) bond motifs is 1. The lowest BCUT2D eigenvalue weighted by Gasteiger charge is -2.19. The van der Waals surface area contributed by atoms with Crippen molar-refractivity contribution in [3.8, 4) is 0 Å². The summed E-state index contributed by atoms with van der Waals surface area (Å²) < 4.78 is 1.35. The van der Waals surface area contributed by atoms with Crippen molar-refractivity contribution in [1.82, 2.24) is 15.5 Å². The Morgan fingerprint density at radius 3 is 2.95 bits per heavy atom. The Kier molecular flexibility index (Phi) is 4.04. The second kappa shape index (κ2) is 6.11. The first-order valence-electron chi connectivity index (χ1n) is 6.86. The molecule has 1 unspecified atom stereocenters. The lowest BCUT2D eigenvalue weighted by atomic mass is 9.99. The maximum atomic E-state index is 4.02. The van der Waals surface area contributed by atoms with Crippen LogP contribution in [-0.2, 0) is 0 Å². The van der Waals surface area contributed by atoms with E-state index >= 15 is 0 Å². The fourth-order valence-electron chi connectivity index (χ4n) is 2.41. The van der Waals surface area contributed by atoms with E-state index < -0.39 is 0 Å². The number of nitrogens with zero attached hydrogens (tertiary/aromatic N) is 2. The van der Waals surface area contributed by atoms with E-state index in [9.17, 15) is 0 Å². The van der Waals surface area contributed by atoms with E-state index in [0.29, 0.717) is 0 Å². The molecule has 3 nitrogen and oxygen atoms in total. The quantitative estimate of drug-likeness (QED) is 0.774. The number of thiophene rings is 1. The monoisotopic (exact) mass is 283 g/mol. The highest BCUT2D eigenvalue weighted by Gasteiger charge is 2.16. The predicted octanol–water partition coefficient (Wildman–Crippen LogP) is 3.78. The molecule has 3 rings (SSSR count). The van der Waals surface area contributed by atoms with E-state index in [0.717, 1.165) is 18.5 Å². The lowest BCUT2D eigenvalue weighted by Crippen LogP contribution is -2.23. The molecule has 2 aromatic heterocycles. The van der Waals surface area contributed by atoms with E-state index in [1.165, 1.54) is 15.6 Å². The van der Waals surface area contributed by atoms with Crippen LogP contribution in [0.1, 0.15) is 30.5 Å². The Morgan fingerprint density at radius 2 is 2.15 bits per heavy atom. The third-order valence-corrected chi connectivity index (χ3v) is 4.34. The van der Waals surface area contributed by atoms with Gasteiger partial charge in [-0.05, 0) is 47.0 Å². The standard InChI is InChI=1S/C16H17N3S/c1-2-8-17-15(13-6-9-18-19-11-13)14-5-3-4-12-7-10-20-16(12)14/h3-7,9-11,15,17H,2,8H2,1H3. The Bertz CT molecular complexity index is 678. The van der Waals surface area contributed by atoms with Gasteiger partial charge in [-0.1, -0.05) is 25.1 Å². The van der Waals surface area contributed by atoms with Gasteiger partial charge in [0.05, 0.1) is 12.2 Å². The van der Waals surface area contributed by atoms with Gasteiger partial charge < -0.3 is 5.32 Å². The molecular weight excluding hydrogens is 266 g/mol. The Balaban J connectivity index is 2.07. The van der Waals surface area contributed by atoms with Crippen molar-refractivity contribution in [3.63, 3.8) is 0 Å². The Hall–Kier alpha value is -1.78. The van der Waals surface area contributed by atoms with Crippen LogP contribution < -0.4 is 5.32 Å².